The molecule has 2 heterocycles. The molecule has 5 N–H and O–H groups in total. The zero-order valence-corrected chi connectivity index (χ0v) is 29.9. The number of benzene rings is 3. The standard InChI is InChI=1S/C39H45N5O7.ClH/c1-43-29(24-28-17-8-9-19-33(28)43)25-31(41-35(45)30(40)18-10-11-22-51-39(50)27-15-6-3-7-16-27)36(46)42-32(23-26-13-4-2-5-14-26)37(47)44-21-12-20-34(44)38(48)49;/h2-9,13-17,19,24,30-32,34H,10-12,18,20-23,25,40H2,1H3,(H,41,45)(H,42,46)(H,48,49);1H/t30-,31-,32-,34+;/m0./s1. The summed E-state index contributed by atoms with van der Waals surface area (Å²) in [6.45, 7) is 0.443. The summed E-state index contributed by atoms with van der Waals surface area (Å²) in [6.07, 6.45) is 2.41. The minimum absolute atomic E-state index is 0. The quantitative estimate of drug-likeness (QED) is 0.0996. The van der Waals surface area contributed by atoms with Crippen molar-refractivity contribution in [2.24, 2.45) is 12.8 Å². The second-order valence-electron chi connectivity index (χ2n) is 12.9. The van der Waals surface area contributed by atoms with Crippen molar-refractivity contribution in [3.05, 3.63) is 108 Å². The molecule has 0 spiro atoms. The van der Waals surface area contributed by atoms with E-state index in [4.69, 9.17) is 10.5 Å². The number of likely N-dealkylation sites (tertiary alicyclic amines) is 1. The van der Waals surface area contributed by atoms with E-state index in [1.165, 1.54) is 4.90 Å². The number of fused-ring (bicyclic) bond motifs is 1. The predicted octanol–water partition coefficient (Wildman–Crippen LogP) is 3.79. The van der Waals surface area contributed by atoms with Crippen LogP contribution in [0.3, 0.4) is 0 Å². The first-order valence-corrected chi connectivity index (χ1v) is 17.3. The number of carboxylic acid groups (broad SMARTS) is 1. The van der Waals surface area contributed by atoms with E-state index in [1.807, 2.05) is 78.3 Å². The Balaban J connectivity index is 0.00000605. The monoisotopic (exact) mass is 731 g/mol. The fraction of sp³-hybridized carbons (Fsp3) is 0.359. The summed E-state index contributed by atoms with van der Waals surface area (Å²) >= 11 is 0. The molecule has 5 rings (SSSR count). The lowest BCUT2D eigenvalue weighted by molar-refractivity contribution is -0.149. The number of carboxylic acids is 1. The fourth-order valence-electron chi connectivity index (χ4n) is 6.47. The van der Waals surface area contributed by atoms with E-state index in [0.29, 0.717) is 31.2 Å². The van der Waals surface area contributed by atoms with Crippen LogP contribution in [-0.4, -0.2) is 81.6 Å². The summed E-state index contributed by atoms with van der Waals surface area (Å²) in [5.41, 5.74) is 9.26. The molecule has 0 bridgehead atoms. The van der Waals surface area contributed by atoms with E-state index in [1.54, 1.807) is 24.3 Å². The number of halogens is 1. The fourth-order valence-corrected chi connectivity index (χ4v) is 6.47. The molecule has 0 radical (unpaired) electrons. The highest BCUT2D eigenvalue weighted by Gasteiger charge is 2.38. The molecule has 4 aromatic rings. The summed E-state index contributed by atoms with van der Waals surface area (Å²) in [6, 6.07) is 23.5. The molecule has 3 amide bonds. The third-order valence-corrected chi connectivity index (χ3v) is 9.30. The number of para-hydroxylation sites is 1. The maximum Gasteiger partial charge on any atom is 0.338 e. The average molecular weight is 732 g/mol. The Morgan fingerprint density at radius 3 is 2.21 bits per heavy atom. The van der Waals surface area contributed by atoms with Crippen LogP contribution in [0.5, 0.6) is 0 Å². The summed E-state index contributed by atoms with van der Waals surface area (Å²) in [5.74, 6) is -3.13. The molecule has 1 aromatic heterocycles. The molecular weight excluding hydrogens is 686 g/mol. The number of aromatic nitrogens is 1. The minimum atomic E-state index is -1.10. The molecule has 52 heavy (non-hydrogen) atoms. The molecule has 0 saturated carbocycles. The lowest BCUT2D eigenvalue weighted by Gasteiger charge is -2.29. The van der Waals surface area contributed by atoms with Gasteiger partial charge in [0, 0.05) is 37.6 Å². The van der Waals surface area contributed by atoms with E-state index in [2.05, 4.69) is 10.6 Å². The van der Waals surface area contributed by atoms with E-state index < -0.39 is 53.8 Å². The molecule has 4 atom stereocenters. The Labute approximate surface area is 309 Å². The molecule has 276 valence electrons. The van der Waals surface area contributed by atoms with Gasteiger partial charge in [-0.1, -0.05) is 66.7 Å². The van der Waals surface area contributed by atoms with Gasteiger partial charge in [-0.05, 0) is 67.3 Å². The van der Waals surface area contributed by atoms with Crippen LogP contribution in [0.25, 0.3) is 10.9 Å². The molecule has 12 nitrogen and oxygen atoms in total. The predicted molar refractivity (Wildman–Crippen MR) is 199 cm³/mol. The number of unbranched alkanes of at least 4 members (excludes halogenated alkanes) is 1. The highest BCUT2D eigenvalue weighted by molar-refractivity contribution is 5.95. The second-order valence-corrected chi connectivity index (χ2v) is 12.9. The summed E-state index contributed by atoms with van der Waals surface area (Å²) in [4.78, 5) is 67.0. The van der Waals surface area contributed by atoms with Crippen LogP contribution in [0.15, 0.2) is 91.0 Å². The van der Waals surface area contributed by atoms with Gasteiger partial charge in [0.2, 0.25) is 17.7 Å². The number of nitrogens with one attached hydrogen (secondary N) is 2. The summed E-state index contributed by atoms with van der Waals surface area (Å²) in [7, 11) is 1.88. The van der Waals surface area contributed by atoms with Gasteiger partial charge in [0.25, 0.3) is 0 Å². The van der Waals surface area contributed by atoms with Gasteiger partial charge in [-0.25, -0.2) is 9.59 Å². The van der Waals surface area contributed by atoms with Gasteiger partial charge < -0.3 is 35.7 Å². The van der Waals surface area contributed by atoms with E-state index >= 15 is 0 Å². The zero-order chi connectivity index (χ0) is 36.3. The number of esters is 1. The first-order valence-electron chi connectivity index (χ1n) is 17.3. The lowest BCUT2D eigenvalue weighted by atomic mass is 10.0. The molecule has 1 saturated heterocycles. The minimum Gasteiger partial charge on any atom is -0.480 e. The van der Waals surface area contributed by atoms with E-state index in [9.17, 15) is 29.1 Å². The Morgan fingerprint density at radius 1 is 0.865 bits per heavy atom. The van der Waals surface area contributed by atoms with Crippen LogP contribution in [0.4, 0.5) is 0 Å². The van der Waals surface area contributed by atoms with Crippen molar-refractivity contribution in [3.63, 3.8) is 0 Å². The van der Waals surface area contributed by atoms with Crippen LogP contribution in [0.2, 0.25) is 0 Å². The highest BCUT2D eigenvalue weighted by atomic mass is 35.5. The number of hydrogen-bond donors (Lipinski definition) is 4. The number of nitrogens with two attached hydrogens (primary N) is 1. The summed E-state index contributed by atoms with van der Waals surface area (Å²) in [5, 5.41) is 16.4. The van der Waals surface area contributed by atoms with Gasteiger partial charge in [-0.15, -0.1) is 12.4 Å². The number of amides is 3. The van der Waals surface area contributed by atoms with Crippen LogP contribution in [0.1, 0.15) is 53.7 Å². The van der Waals surface area contributed by atoms with Gasteiger partial charge in [0.15, 0.2) is 0 Å². The van der Waals surface area contributed by atoms with Crippen LogP contribution in [-0.2, 0) is 43.8 Å². The molecule has 3 aromatic carbocycles. The molecule has 13 heteroatoms. The Morgan fingerprint density at radius 2 is 1.52 bits per heavy atom. The first-order chi connectivity index (χ1) is 24.6. The Kier molecular flexibility index (Phi) is 14.4. The van der Waals surface area contributed by atoms with Gasteiger partial charge in [-0.3, -0.25) is 14.4 Å². The Bertz CT molecular complexity index is 1830. The SMILES string of the molecule is Cl.Cn1c(C[C@H](NC(=O)[C@@H](N)CCCCOC(=O)c2ccccc2)C(=O)N[C@@H](Cc2ccccc2)C(=O)N2CCC[C@@H]2C(=O)O)cc2ccccc21. The van der Waals surface area contributed by atoms with Gasteiger partial charge in [-0.2, -0.15) is 0 Å². The largest absolute Gasteiger partial charge is 0.480 e. The van der Waals surface area contributed by atoms with Crippen molar-refractivity contribution in [2.75, 3.05) is 13.2 Å². The second kappa shape index (κ2) is 18.9. The molecule has 1 aliphatic heterocycles. The maximum absolute atomic E-state index is 14.1. The summed E-state index contributed by atoms with van der Waals surface area (Å²) < 4.78 is 7.28. The van der Waals surface area contributed by atoms with Crippen LogP contribution < -0.4 is 16.4 Å². The first kappa shape index (κ1) is 39.6. The number of ether oxygens (including phenoxy) is 1. The highest BCUT2D eigenvalue weighted by Crippen LogP contribution is 2.22. The zero-order valence-electron chi connectivity index (χ0n) is 29.1. The molecule has 1 aliphatic rings. The van der Waals surface area contributed by atoms with Crippen molar-refractivity contribution in [1.82, 2.24) is 20.1 Å². The Hall–Kier alpha value is -5.20. The van der Waals surface area contributed by atoms with E-state index in [-0.39, 0.29) is 44.8 Å². The average Bonchev–Trinajstić information content (AvgIpc) is 3.76. The number of aryl methyl sites for hydroxylation is 1. The number of rotatable bonds is 16. The van der Waals surface area contributed by atoms with Crippen LogP contribution >= 0.6 is 12.4 Å². The van der Waals surface area contributed by atoms with Crippen molar-refractivity contribution in [2.45, 2.75) is 69.1 Å². The normalized spacial score (nSPS) is 15.6. The number of aliphatic carboxylic acids is 1. The van der Waals surface area contributed by atoms with Gasteiger partial charge in [0.05, 0.1) is 18.2 Å². The van der Waals surface area contributed by atoms with Gasteiger partial charge in [0.1, 0.15) is 18.1 Å². The van der Waals surface area contributed by atoms with E-state index in [0.717, 1.165) is 22.2 Å². The topological polar surface area (TPSA) is 173 Å². The number of carbonyl (C=O) groups is 5. The van der Waals surface area contributed by atoms with Gasteiger partial charge >= 0.3 is 11.9 Å². The third kappa shape index (κ3) is 10.2. The van der Waals surface area contributed by atoms with Crippen molar-refractivity contribution >= 4 is 53.0 Å². The molecular formula is C39H46ClN5O7. The molecule has 0 unspecified atom stereocenters. The number of hydrogen-bond acceptors (Lipinski definition) is 7. The van der Waals surface area contributed by atoms with Crippen molar-refractivity contribution < 1.29 is 33.8 Å². The molecule has 0 aliphatic carbocycles. The number of carbonyl (C=O) groups excluding carboxylic acids is 4. The van der Waals surface area contributed by atoms with Crippen molar-refractivity contribution in [1.29, 1.82) is 0 Å². The number of nitrogens with zero attached hydrogens (tertiary/aromatic N) is 2. The van der Waals surface area contributed by atoms with Crippen LogP contribution in [0, 0.1) is 0 Å². The van der Waals surface area contributed by atoms with Crippen molar-refractivity contribution in [3.8, 4) is 0 Å². The third-order valence-electron chi connectivity index (χ3n) is 9.30. The maximum atomic E-state index is 14.1. The smallest absolute Gasteiger partial charge is 0.338 e. The molecule has 1 fully saturated rings. The lowest BCUT2D eigenvalue weighted by Crippen LogP contribution is -2.58.